The highest BCUT2D eigenvalue weighted by atomic mass is 79.9. The summed E-state index contributed by atoms with van der Waals surface area (Å²) in [6, 6.07) is 20.1. The van der Waals surface area contributed by atoms with Crippen LogP contribution in [0, 0.1) is 5.92 Å². The van der Waals surface area contributed by atoms with E-state index in [-0.39, 0.29) is 5.75 Å². The Kier molecular flexibility index (Phi) is 4.97. The summed E-state index contributed by atoms with van der Waals surface area (Å²) in [5, 5.41) is 12.5. The Labute approximate surface area is 191 Å². The molecule has 3 atom stereocenters. The molecule has 6 nitrogen and oxygen atoms in total. The van der Waals surface area contributed by atoms with Crippen molar-refractivity contribution in [2.45, 2.75) is 12.1 Å². The zero-order chi connectivity index (χ0) is 21.7. The fourth-order valence-electron chi connectivity index (χ4n) is 4.16. The van der Waals surface area contributed by atoms with Crippen LogP contribution in [0.15, 0.2) is 77.3 Å². The molecule has 0 bridgehead atoms. The predicted molar refractivity (Wildman–Crippen MR) is 120 cm³/mol. The molecule has 1 N–H and O–H groups in total. The number of anilines is 2. The number of halogens is 2. The zero-order valence-corrected chi connectivity index (χ0v) is 18.3. The summed E-state index contributed by atoms with van der Waals surface area (Å²) in [6.45, 7) is 0. The fourth-order valence-corrected chi connectivity index (χ4v) is 4.76. The van der Waals surface area contributed by atoms with Gasteiger partial charge < -0.3 is 5.11 Å². The Hall–Kier alpha value is -2.87. The molecule has 156 valence electrons. The van der Waals surface area contributed by atoms with Gasteiger partial charge in [0, 0.05) is 10.0 Å². The second-order valence-electron chi connectivity index (χ2n) is 7.32. The number of aromatic hydroxyl groups is 1. The summed E-state index contributed by atoms with van der Waals surface area (Å²) in [5.74, 6) is -1.76. The van der Waals surface area contributed by atoms with Crippen molar-refractivity contribution in [3.05, 3.63) is 87.9 Å². The average Bonchev–Trinajstić information content (AvgIpc) is 3.27. The number of phenols is 1. The van der Waals surface area contributed by atoms with Gasteiger partial charge in [0.1, 0.15) is 11.7 Å². The molecule has 3 aromatic carbocycles. The van der Waals surface area contributed by atoms with Gasteiger partial charge in [0.15, 0.2) is 6.10 Å². The van der Waals surface area contributed by atoms with Gasteiger partial charge in [-0.05, 0) is 42.5 Å². The Balaban J connectivity index is 1.64. The fraction of sp³-hybridized carbons (Fsp3) is 0.130. The minimum absolute atomic E-state index is 0.00910. The number of rotatable bonds is 3. The van der Waals surface area contributed by atoms with E-state index in [1.165, 1.54) is 5.06 Å². The van der Waals surface area contributed by atoms with E-state index in [2.05, 4.69) is 15.9 Å². The number of carbonyl (C=O) groups excluding carboxylic acids is 2. The van der Waals surface area contributed by atoms with Crippen molar-refractivity contribution < 1.29 is 19.5 Å². The van der Waals surface area contributed by atoms with Crippen molar-refractivity contribution in [1.29, 1.82) is 0 Å². The molecular formula is C23H16BrClN2O4. The summed E-state index contributed by atoms with van der Waals surface area (Å²) in [5.41, 5.74) is 1.47. The van der Waals surface area contributed by atoms with Crippen LogP contribution in [0.3, 0.4) is 0 Å². The number of para-hydroxylation sites is 2. The van der Waals surface area contributed by atoms with Crippen molar-refractivity contribution in [3.8, 4) is 5.75 Å². The van der Waals surface area contributed by atoms with E-state index < -0.39 is 29.9 Å². The largest absolute Gasteiger partial charge is 0.508 e. The monoisotopic (exact) mass is 498 g/mol. The van der Waals surface area contributed by atoms with E-state index in [1.54, 1.807) is 42.5 Å². The lowest BCUT2D eigenvalue weighted by atomic mass is 9.90. The van der Waals surface area contributed by atoms with Gasteiger partial charge >= 0.3 is 0 Å². The van der Waals surface area contributed by atoms with Gasteiger partial charge in [0.25, 0.3) is 5.91 Å². The molecule has 3 aromatic rings. The maximum atomic E-state index is 13.6. The van der Waals surface area contributed by atoms with Gasteiger partial charge in [-0.25, -0.2) is 9.96 Å². The average molecular weight is 500 g/mol. The summed E-state index contributed by atoms with van der Waals surface area (Å²) in [4.78, 5) is 34.0. The van der Waals surface area contributed by atoms with Crippen LogP contribution in [-0.2, 0) is 14.4 Å². The van der Waals surface area contributed by atoms with Gasteiger partial charge in [0.05, 0.1) is 22.4 Å². The van der Waals surface area contributed by atoms with Crippen molar-refractivity contribution >= 4 is 50.7 Å². The van der Waals surface area contributed by atoms with Crippen LogP contribution >= 0.6 is 27.5 Å². The number of hydroxylamine groups is 1. The number of nitrogens with zero attached hydrogens (tertiary/aromatic N) is 2. The first-order valence-electron chi connectivity index (χ1n) is 9.59. The number of fused-ring (bicyclic) bond motifs is 1. The first kappa shape index (κ1) is 20.1. The quantitative estimate of drug-likeness (QED) is 0.521. The minimum Gasteiger partial charge on any atom is -0.508 e. The molecule has 2 heterocycles. The number of imide groups is 1. The molecule has 0 spiro atoms. The molecule has 0 radical (unpaired) electrons. The van der Waals surface area contributed by atoms with Crippen molar-refractivity contribution in [2.75, 3.05) is 9.96 Å². The van der Waals surface area contributed by atoms with E-state index in [0.29, 0.717) is 22.0 Å². The summed E-state index contributed by atoms with van der Waals surface area (Å²) >= 11 is 9.70. The van der Waals surface area contributed by atoms with Gasteiger partial charge in [-0.15, -0.1) is 0 Å². The van der Waals surface area contributed by atoms with Crippen LogP contribution in [0.25, 0.3) is 0 Å². The number of carbonyl (C=O) groups is 2. The summed E-state index contributed by atoms with van der Waals surface area (Å²) in [7, 11) is 0. The van der Waals surface area contributed by atoms with Crippen LogP contribution in [0.1, 0.15) is 11.6 Å². The first-order valence-corrected chi connectivity index (χ1v) is 10.8. The molecule has 0 aliphatic carbocycles. The Bertz CT molecular complexity index is 1190. The van der Waals surface area contributed by atoms with Crippen LogP contribution in [0.2, 0.25) is 5.02 Å². The van der Waals surface area contributed by atoms with E-state index >= 15 is 0 Å². The second kappa shape index (κ2) is 7.67. The molecule has 2 saturated heterocycles. The lowest BCUT2D eigenvalue weighted by Crippen LogP contribution is -2.37. The highest BCUT2D eigenvalue weighted by molar-refractivity contribution is 9.10. The molecule has 31 heavy (non-hydrogen) atoms. The van der Waals surface area contributed by atoms with Crippen LogP contribution < -0.4 is 9.96 Å². The molecule has 2 amide bonds. The number of amides is 2. The van der Waals surface area contributed by atoms with Gasteiger partial charge in [-0.3, -0.25) is 14.4 Å². The Morgan fingerprint density at radius 2 is 1.65 bits per heavy atom. The molecular weight excluding hydrogens is 484 g/mol. The standard InChI is InChI=1S/C23H16BrClN2O4/c24-13-10-11-18(28)15(12-13)20-19-21(31-27(20)14-6-2-1-3-7-14)23(30)26(22(19)29)17-9-5-4-8-16(17)25/h1-12,19-21,28H/t19-,20-,21-/m0/s1. The molecule has 0 unspecified atom stereocenters. The number of hydrogen-bond acceptors (Lipinski definition) is 5. The van der Waals surface area contributed by atoms with E-state index in [0.717, 1.165) is 9.37 Å². The van der Waals surface area contributed by atoms with E-state index in [9.17, 15) is 14.7 Å². The van der Waals surface area contributed by atoms with Gasteiger partial charge in [-0.2, -0.15) is 0 Å². The van der Waals surface area contributed by atoms with E-state index in [1.807, 2.05) is 30.3 Å². The molecule has 2 aliphatic heterocycles. The maximum Gasteiger partial charge on any atom is 0.266 e. The summed E-state index contributed by atoms with van der Waals surface area (Å²) < 4.78 is 0.733. The van der Waals surface area contributed by atoms with Crippen molar-refractivity contribution in [1.82, 2.24) is 0 Å². The normalized spacial score (nSPS) is 22.8. The molecule has 0 aromatic heterocycles. The first-order chi connectivity index (χ1) is 15.0. The van der Waals surface area contributed by atoms with Crippen molar-refractivity contribution in [2.24, 2.45) is 5.92 Å². The highest BCUT2D eigenvalue weighted by Gasteiger charge is 2.61. The van der Waals surface area contributed by atoms with Crippen LogP contribution in [-0.4, -0.2) is 23.0 Å². The molecule has 5 rings (SSSR count). The smallest absolute Gasteiger partial charge is 0.266 e. The SMILES string of the molecule is O=C1[C@@H]2[C@H](ON(c3ccccc3)[C@H]2c2cc(Br)ccc2O)C(=O)N1c1ccccc1Cl. The lowest BCUT2D eigenvalue weighted by Gasteiger charge is -2.29. The number of hydrogen-bond donors (Lipinski definition) is 1. The topological polar surface area (TPSA) is 70.1 Å². The van der Waals surface area contributed by atoms with Crippen molar-refractivity contribution in [3.63, 3.8) is 0 Å². The molecule has 8 heteroatoms. The third kappa shape index (κ3) is 3.20. The van der Waals surface area contributed by atoms with Gasteiger partial charge in [-0.1, -0.05) is 57.9 Å². The predicted octanol–water partition coefficient (Wildman–Crippen LogP) is 4.86. The maximum absolute atomic E-state index is 13.6. The number of benzene rings is 3. The number of phenolic OH excluding ortho intramolecular Hbond substituents is 1. The Morgan fingerprint density at radius 3 is 2.39 bits per heavy atom. The lowest BCUT2D eigenvalue weighted by molar-refractivity contribution is -0.126. The molecule has 0 saturated carbocycles. The third-order valence-electron chi connectivity index (χ3n) is 5.53. The van der Waals surface area contributed by atoms with Crippen LogP contribution in [0.4, 0.5) is 11.4 Å². The van der Waals surface area contributed by atoms with E-state index in [4.69, 9.17) is 16.4 Å². The summed E-state index contributed by atoms with van der Waals surface area (Å²) in [6.07, 6.45) is -1.03. The van der Waals surface area contributed by atoms with Gasteiger partial charge in [0.2, 0.25) is 5.91 Å². The molecule has 2 aliphatic rings. The molecule has 2 fully saturated rings. The Morgan fingerprint density at radius 1 is 0.935 bits per heavy atom. The zero-order valence-electron chi connectivity index (χ0n) is 16.0. The highest BCUT2D eigenvalue weighted by Crippen LogP contribution is 2.50. The second-order valence-corrected chi connectivity index (χ2v) is 8.65. The minimum atomic E-state index is -1.03. The third-order valence-corrected chi connectivity index (χ3v) is 6.34. The van der Waals surface area contributed by atoms with Crippen LogP contribution in [0.5, 0.6) is 5.75 Å².